The molecule has 0 unspecified atom stereocenters. The lowest BCUT2D eigenvalue weighted by Gasteiger charge is -2.24. The van der Waals surface area contributed by atoms with Crippen LogP contribution >= 0.6 is 23.2 Å². The van der Waals surface area contributed by atoms with Crippen molar-refractivity contribution in [3.05, 3.63) is 135 Å². The van der Waals surface area contributed by atoms with Crippen molar-refractivity contribution in [2.24, 2.45) is 17.8 Å². The van der Waals surface area contributed by atoms with Gasteiger partial charge >= 0.3 is 0 Å². The van der Waals surface area contributed by atoms with Gasteiger partial charge in [0.1, 0.15) is 12.4 Å². The lowest BCUT2D eigenvalue weighted by atomic mass is 9.89. The van der Waals surface area contributed by atoms with Crippen LogP contribution in [-0.4, -0.2) is 36.4 Å². The molecule has 4 heterocycles. The van der Waals surface area contributed by atoms with Gasteiger partial charge in [0.05, 0.1) is 29.0 Å². The molecule has 0 atom stereocenters. The molecule has 0 radical (unpaired) electrons. The van der Waals surface area contributed by atoms with Crippen LogP contribution in [0.15, 0.2) is 103 Å². The molecule has 5 nitrogen and oxygen atoms in total. The summed E-state index contributed by atoms with van der Waals surface area (Å²) < 4.78 is 16.1. The molecule has 0 spiro atoms. The molecular weight excluding hydrogens is 723 g/mol. The van der Waals surface area contributed by atoms with Gasteiger partial charge in [0, 0.05) is 31.8 Å². The highest BCUT2D eigenvalue weighted by molar-refractivity contribution is 6.32. The van der Waals surface area contributed by atoms with Gasteiger partial charge in [-0.25, -0.2) is 0 Å². The fraction of sp³-hybridized carbons (Fsp3) is 0.500. The van der Waals surface area contributed by atoms with Gasteiger partial charge in [-0.2, -0.15) is 0 Å². The van der Waals surface area contributed by atoms with E-state index in [1.807, 2.05) is 54.7 Å². The van der Waals surface area contributed by atoms with E-state index < -0.39 is 0 Å². The number of aromatic nitrogens is 2. The van der Waals surface area contributed by atoms with E-state index >= 15 is 0 Å². The molecule has 2 aromatic heterocycles. The Kier molecular flexibility index (Phi) is 23.9. The summed E-state index contributed by atoms with van der Waals surface area (Å²) in [6.07, 6.45) is 11.1. The smallest absolute Gasteiger partial charge is 0.138 e. The van der Waals surface area contributed by atoms with Gasteiger partial charge in [-0.05, 0) is 102 Å². The maximum absolute atomic E-state index is 6.19. The van der Waals surface area contributed by atoms with E-state index in [0.717, 1.165) is 50.4 Å². The lowest BCUT2D eigenvalue weighted by Crippen LogP contribution is -2.19. The second-order valence-corrected chi connectivity index (χ2v) is 16.4. The Morgan fingerprint density at radius 2 is 1.33 bits per heavy atom. The van der Waals surface area contributed by atoms with Crippen LogP contribution in [0.4, 0.5) is 0 Å². The van der Waals surface area contributed by atoms with Gasteiger partial charge in [-0.3, -0.25) is 9.97 Å². The predicted molar refractivity (Wildman–Crippen MR) is 235 cm³/mol. The molecule has 0 amide bonds. The Balaban J connectivity index is 0.000000247. The first-order chi connectivity index (χ1) is 26.3. The number of hydrogen-bond donors (Lipinski definition) is 0. The molecule has 0 saturated carbocycles. The van der Waals surface area contributed by atoms with Crippen molar-refractivity contribution in [3.8, 4) is 5.75 Å². The summed E-state index contributed by atoms with van der Waals surface area (Å²) >= 11 is 11.9. The van der Waals surface area contributed by atoms with Crippen molar-refractivity contribution in [1.29, 1.82) is 0 Å². The molecule has 2 aliphatic heterocycles. The van der Waals surface area contributed by atoms with Crippen LogP contribution in [-0.2, 0) is 16.1 Å². The summed E-state index contributed by atoms with van der Waals surface area (Å²) in [6.45, 7) is 26.1. The molecule has 302 valence electrons. The topological polar surface area (TPSA) is 53.5 Å². The molecule has 1 fully saturated rings. The Labute approximate surface area is 344 Å². The molecule has 0 N–H and O–H groups in total. The molecule has 6 rings (SSSR count). The second-order valence-electron chi connectivity index (χ2n) is 15.6. The average molecular weight is 792 g/mol. The zero-order valence-corrected chi connectivity index (χ0v) is 36.7. The highest BCUT2D eigenvalue weighted by Gasteiger charge is 2.16. The van der Waals surface area contributed by atoms with Gasteiger partial charge < -0.3 is 14.2 Å². The molecule has 2 aromatic carbocycles. The number of nitrogens with zero attached hydrogens (tertiary/aromatic N) is 2. The van der Waals surface area contributed by atoms with Crippen molar-refractivity contribution in [3.63, 3.8) is 0 Å². The van der Waals surface area contributed by atoms with E-state index in [1.54, 1.807) is 18.0 Å². The number of rotatable bonds is 8. The highest BCUT2D eigenvalue weighted by atomic mass is 35.5. The number of ether oxygens (including phenoxy) is 3. The van der Waals surface area contributed by atoms with Gasteiger partial charge in [-0.1, -0.05) is 147 Å². The Morgan fingerprint density at radius 1 is 0.673 bits per heavy atom. The maximum atomic E-state index is 6.19. The van der Waals surface area contributed by atoms with Crippen LogP contribution in [0.3, 0.4) is 0 Å². The number of hydrogen-bond acceptors (Lipinski definition) is 5. The zero-order chi connectivity index (χ0) is 40.6. The average Bonchev–Trinajstić information content (AvgIpc) is 3.20. The lowest BCUT2D eigenvalue weighted by molar-refractivity contribution is 0.0523. The van der Waals surface area contributed by atoms with Crippen molar-refractivity contribution >= 4 is 23.2 Å². The minimum absolute atomic E-state index is 0.432. The zero-order valence-electron chi connectivity index (χ0n) is 35.2. The van der Waals surface area contributed by atoms with Crippen LogP contribution in [0.5, 0.6) is 5.75 Å². The van der Waals surface area contributed by atoms with Crippen molar-refractivity contribution in [2.75, 3.05) is 26.4 Å². The van der Waals surface area contributed by atoms with E-state index in [0.29, 0.717) is 46.1 Å². The molecule has 0 bridgehead atoms. The van der Waals surface area contributed by atoms with Crippen LogP contribution in [0.1, 0.15) is 129 Å². The third kappa shape index (κ3) is 20.5. The van der Waals surface area contributed by atoms with Crippen molar-refractivity contribution in [2.45, 2.75) is 113 Å². The second kappa shape index (κ2) is 27.4. The number of pyridine rings is 2. The summed E-state index contributed by atoms with van der Waals surface area (Å²) in [5.41, 5.74) is 6.26. The minimum Gasteiger partial charge on any atom is -0.486 e. The van der Waals surface area contributed by atoms with E-state index in [-0.39, 0.29) is 0 Å². The van der Waals surface area contributed by atoms with Crippen molar-refractivity contribution < 1.29 is 14.2 Å². The fourth-order valence-corrected chi connectivity index (χ4v) is 6.08. The molecule has 2 aliphatic rings. The van der Waals surface area contributed by atoms with E-state index in [9.17, 15) is 0 Å². The molecule has 7 heteroatoms. The van der Waals surface area contributed by atoms with Crippen LogP contribution in [0.25, 0.3) is 0 Å². The molecule has 0 aliphatic carbocycles. The third-order valence-electron chi connectivity index (χ3n) is 9.53. The Morgan fingerprint density at radius 3 is 1.76 bits per heavy atom. The highest BCUT2D eigenvalue weighted by Crippen LogP contribution is 2.29. The predicted octanol–water partition coefficient (Wildman–Crippen LogP) is 14.2. The SMILES string of the molecule is CC(C)C1=CCOCC1.CC(C)C1CCOCC1.CC(C)c1ccc(OCc2ccccn2)c(Cl)c1.CC(C)c1ccccc1.CC(C)c1cncc(Cl)c1. The summed E-state index contributed by atoms with van der Waals surface area (Å²) in [7, 11) is 0. The molecule has 4 aromatic rings. The standard InChI is InChI=1S/C15H16ClNO.C9H12.C8H10ClN.C8H16O.C8H14O/c1-11(2)12-6-7-15(14(16)9-12)18-10-13-5-3-4-8-17-13;1-8(2)9-6-4-3-5-7-9;1-6(2)7-3-8(9)5-10-4-7;2*1-7(2)8-3-5-9-6-4-8/h3-9,11H,10H2,1-2H3;3-8H,1-2H3;3-6H,1-2H3;7-8H,3-6H2,1-2H3;3,7H,4-6H2,1-2H3. The molecule has 1 saturated heterocycles. The van der Waals surface area contributed by atoms with E-state index in [1.165, 1.54) is 29.5 Å². The quantitative estimate of drug-likeness (QED) is 0.166. The molecule has 55 heavy (non-hydrogen) atoms. The normalized spacial score (nSPS) is 14.1. The summed E-state index contributed by atoms with van der Waals surface area (Å²) in [4.78, 5) is 8.17. The van der Waals surface area contributed by atoms with Crippen LogP contribution < -0.4 is 4.74 Å². The van der Waals surface area contributed by atoms with E-state index in [4.69, 9.17) is 37.4 Å². The largest absolute Gasteiger partial charge is 0.486 e. The Hall–Kier alpha value is -3.22. The van der Waals surface area contributed by atoms with Crippen molar-refractivity contribution in [1.82, 2.24) is 9.97 Å². The number of benzene rings is 2. The maximum Gasteiger partial charge on any atom is 0.138 e. The fourth-order valence-electron chi connectivity index (χ4n) is 5.66. The first-order valence-electron chi connectivity index (χ1n) is 20.1. The van der Waals surface area contributed by atoms with E-state index in [2.05, 4.69) is 110 Å². The summed E-state index contributed by atoms with van der Waals surface area (Å²) in [5.74, 6) is 4.83. The van der Waals surface area contributed by atoms with Gasteiger partial charge in [0.15, 0.2) is 0 Å². The first kappa shape index (κ1) is 47.9. The summed E-state index contributed by atoms with van der Waals surface area (Å²) in [6, 6.07) is 24.1. The summed E-state index contributed by atoms with van der Waals surface area (Å²) in [5, 5.41) is 1.36. The number of halogens is 2. The Bertz CT molecular complexity index is 1600. The van der Waals surface area contributed by atoms with Crippen LogP contribution in [0, 0.1) is 17.8 Å². The first-order valence-corrected chi connectivity index (χ1v) is 20.9. The van der Waals surface area contributed by atoms with Crippen LogP contribution in [0.2, 0.25) is 10.0 Å². The molecular formula is C48H68Cl2N2O3. The minimum atomic E-state index is 0.432. The van der Waals surface area contributed by atoms with Gasteiger partial charge in [0.2, 0.25) is 0 Å². The monoisotopic (exact) mass is 790 g/mol. The van der Waals surface area contributed by atoms with Gasteiger partial charge in [0.25, 0.3) is 0 Å². The van der Waals surface area contributed by atoms with Gasteiger partial charge in [-0.15, -0.1) is 0 Å². The third-order valence-corrected chi connectivity index (χ3v) is 10.0.